The zero-order valence-electron chi connectivity index (χ0n) is 24.9. The van der Waals surface area contributed by atoms with Crippen LogP contribution in [-0.2, 0) is 9.59 Å². The van der Waals surface area contributed by atoms with Crippen molar-refractivity contribution in [3.05, 3.63) is 113 Å². The number of hydrogen-bond donors (Lipinski definition) is 3. The lowest BCUT2D eigenvalue weighted by Crippen LogP contribution is -2.30. The molecule has 45 heavy (non-hydrogen) atoms. The molecule has 0 spiro atoms. The van der Waals surface area contributed by atoms with Crippen LogP contribution >= 0.6 is 23.4 Å². The molecule has 0 aromatic heterocycles. The van der Waals surface area contributed by atoms with Gasteiger partial charge in [0.2, 0.25) is 5.91 Å². The average molecular weight is 646 g/mol. The molecule has 0 atom stereocenters. The summed E-state index contributed by atoms with van der Waals surface area (Å²) >= 11 is 7.52. The van der Waals surface area contributed by atoms with Gasteiger partial charge in [0.15, 0.2) is 0 Å². The van der Waals surface area contributed by atoms with E-state index in [-0.39, 0.29) is 17.4 Å². The number of methoxy groups -OCH3 is 2. The van der Waals surface area contributed by atoms with Crippen LogP contribution in [0, 0.1) is 0 Å². The lowest BCUT2D eigenvalue weighted by molar-refractivity contribution is -0.114. The molecule has 0 saturated heterocycles. The van der Waals surface area contributed by atoms with Crippen LogP contribution in [0.3, 0.4) is 0 Å². The maximum Gasteiger partial charge on any atom is 0.272 e. The highest BCUT2D eigenvalue weighted by Crippen LogP contribution is 2.36. The van der Waals surface area contributed by atoms with Crippen LogP contribution in [0.15, 0.2) is 102 Å². The Labute approximate surface area is 270 Å². The molecule has 4 rings (SSSR count). The number of rotatable bonds is 13. The average Bonchev–Trinajstić information content (AvgIpc) is 3.05. The highest BCUT2D eigenvalue weighted by molar-refractivity contribution is 8.00. The number of para-hydroxylation sites is 1. The number of hydrogen-bond acceptors (Lipinski definition) is 7. The van der Waals surface area contributed by atoms with Gasteiger partial charge in [-0.2, -0.15) is 0 Å². The lowest BCUT2D eigenvalue weighted by atomic mass is 10.1. The summed E-state index contributed by atoms with van der Waals surface area (Å²) in [7, 11) is 2.98. The van der Waals surface area contributed by atoms with Gasteiger partial charge in [-0.3, -0.25) is 14.4 Å². The van der Waals surface area contributed by atoms with Crippen molar-refractivity contribution in [1.82, 2.24) is 5.32 Å². The fraction of sp³-hybridized carbons (Fsp3) is 0.147. The van der Waals surface area contributed by atoms with Gasteiger partial charge >= 0.3 is 0 Å². The zero-order valence-corrected chi connectivity index (χ0v) is 26.5. The molecular formula is C34H32ClN3O6S. The van der Waals surface area contributed by atoms with Gasteiger partial charge in [0, 0.05) is 27.8 Å². The Morgan fingerprint density at radius 1 is 0.822 bits per heavy atom. The first-order chi connectivity index (χ1) is 21.8. The zero-order chi connectivity index (χ0) is 32.2. The third-order valence-corrected chi connectivity index (χ3v) is 7.59. The van der Waals surface area contributed by atoms with Gasteiger partial charge in [-0.25, -0.2) is 0 Å². The van der Waals surface area contributed by atoms with Crippen molar-refractivity contribution in [2.45, 2.75) is 11.8 Å². The molecule has 0 aliphatic carbocycles. The number of carbonyl (C=O) groups excluding carboxylic acids is 3. The predicted molar refractivity (Wildman–Crippen MR) is 178 cm³/mol. The van der Waals surface area contributed by atoms with E-state index in [0.717, 1.165) is 4.90 Å². The van der Waals surface area contributed by atoms with Crippen molar-refractivity contribution in [3.8, 4) is 17.2 Å². The topological polar surface area (TPSA) is 115 Å². The number of benzene rings is 4. The molecule has 0 aliphatic heterocycles. The van der Waals surface area contributed by atoms with Crippen molar-refractivity contribution in [1.29, 1.82) is 0 Å². The van der Waals surface area contributed by atoms with Gasteiger partial charge in [-0.1, -0.05) is 48.0 Å². The Kier molecular flexibility index (Phi) is 11.9. The highest BCUT2D eigenvalue weighted by atomic mass is 35.5. The second-order valence-corrected chi connectivity index (χ2v) is 10.8. The SMILES string of the molecule is CCOc1ccccc1/C=C(\NC(=O)c1ccccc1)C(=O)Nc1ccc(SCC(=O)Nc2cc(Cl)c(OC)cc2OC)cc1. The molecule has 11 heteroatoms. The fourth-order valence-electron chi connectivity index (χ4n) is 4.11. The van der Waals surface area contributed by atoms with Gasteiger partial charge in [0.1, 0.15) is 22.9 Å². The summed E-state index contributed by atoms with van der Waals surface area (Å²) in [5.41, 5.74) is 2.02. The minimum absolute atomic E-state index is 0.0418. The van der Waals surface area contributed by atoms with Crippen LogP contribution in [0.5, 0.6) is 17.2 Å². The first kappa shape index (κ1) is 33.0. The summed E-state index contributed by atoms with van der Waals surface area (Å²) in [5, 5.41) is 8.71. The van der Waals surface area contributed by atoms with Crippen molar-refractivity contribution in [3.63, 3.8) is 0 Å². The van der Waals surface area contributed by atoms with E-state index in [2.05, 4.69) is 16.0 Å². The maximum absolute atomic E-state index is 13.4. The van der Waals surface area contributed by atoms with Crippen LogP contribution in [0.4, 0.5) is 11.4 Å². The molecule has 232 valence electrons. The molecule has 0 aliphatic rings. The predicted octanol–water partition coefficient (Wildman–Crippen LogP) is 6.90. The molecule has 0 fully saturated rings. The van der Waals surface area contributed by atoms with E-state index >= 15 is 0 Å². The smallest absolute Gasteiger partial charge is 0.272 e. The summed E-state index contributed by atoms with van der Waals surface area (Å²) < 4.78 is 16.2. The second kappa shape index (κ2) is 16.2. The molecular weight excluding hydrogens is 614 g/mol. The number of ether oxygens (including phenoxy) is 3. The number of amides is 3. The first-order valence-corrected chi connectivity index (χ1v) is 15.2. The summed E-state index contributed by atoms with van der Waals surface area (Å²) in [6.07, 6.45) is 1.58. The monoisotopic (exact) mass is 645 g/mol. The third-order valence-electron chi connectivity index (χ3n) is 6.28. The Morgan fingerprint density at radius 2 is 1.51 bits per heavy atom. The third kappa shape index (κ3) is 9.28. The van der Waals surface area contributed by atoms with Gasteiger partial charge in [-0.15, -0.1) is 11.8 Å². The fourth-order valence-corrected chi connectivity index (χ4v) is 5.05. The van der Waals surface area contributed by atoms with E-state index in [4.69, 9.17) is 25.8 Å². The molecule has 4 aromatic carbocycles. The molecule has 0 unspecified atom stereocenters. The largest absolute Gasteiger partial charge is 0.495 e. The molecule has 0 saturated carbocycles. The number of nitrogens with one attached hydrogen (secondary N) is 3. The van der Waals surface area contributed by atoms with Gasteiger partial charge in [0.05, 0.1) is 37.3 Å². The molecule has 4 aromatic rings. The minimum atomic E-state index is -0.516. The van der Waals surface area contributed by atoms with E-state index in [1.54, 1.807) is 84.9 Å². The Bertz CT molecular complexity index is 1680. The van der Waals surface area contributed by atoms with E-state index in [0.29, 0.717) is 51.4 Å². The summed E-state index contributed by atoms with van der Waals surface area (Å²) in [6, 6.07) is 26.1. The summed E-state index contributed by atoms with van der Waals surface area (Å²) in [6.45, 7) is 2.31. The quantitative estimate of drug-likeness (QED) is 0.107. The molecule has 0 bridgehead atoms. The van der Waals surface area contributed by atoms with Gasteiger partial charge in [-0.05, 0) is 61.5 Å². The van der Waals surface area contributed by atoms with E-state index < -0.39 is 11.8 Å². The van der Waals surface area contributed by atoms with Crippen molar-refractivity contribution in [2.24, 2.45) is 0 Å². The maximum atomic E-state index is 13.4. The number of halogens is 1. The van der Waals surface area contributed by atoms with Crippen molar-refractivity contribution >= 4 is 58.5 Å². The van der Waals surface area contributed by atoms with Gasteiger partial charge < -0.3 is 30.2 Å². The molecule has 0 radical (unpaired) electrons. The standard InChI is InChI=1S/C34H32ClN3O6S/c1-4-44-29-13-9-8-12-23(29)18-28(38-33(40)22-10-6-5-7-11-22)34(41)36-24-14-16-25(17-15-24)45-21-32(39)37-27-19-26(35)30(42-2)20-31(27)43-3/h5-20H,4,21H2,1-3H3,(H,36,41)(H,37,39)(H,38,40)/b28-18-. The molecule has 3 N–H and O–H groups in total. The van der Waals surface area contributed by atoms with Crippen LogP contribution < -0.4 is 30.2 Å². The number of anilines is 2. The Morgan fingerprint density at radius 3 is 2.20 bits per heavy atom. The highest BCUT2D eigenvalue weighted by Gasteiger charge is 2.17. The van der Waals surface area contributed by atoms with Crippen LogP contribution in [0.25, 0.3) is 6.08 Å². The number of thioether (sulfide) groups is 1. The van der Waals surface area contributed by atoms with Gasteiger partial charge in [0.25, 0.3) is 11.8 Å². The van der Waals surface area contributed by atoms with Crippen molar-refractivity contribution < 1.29 is 28.6 Å². The van der Waals surface area contributed by atoms with Crippen LogP contribution in [0.2, 0.25) is 5.02 Å². The van der Waals surface area contributed by atoms with E-state index in [1.807, 2.05) is 19.1 Å². The van der Waals surface area contributed by atoms with E-state index in [1.165, 1.54) is 26.0 Å². The number of carbonyl (C=O) groups is 3. The molecule has 0 heterocycles. The minimum Gasteiger partial charge on any atom is -0.495 e. The lowest BCUT2D eigenvalue weighted by Gasteiger charge is -2.13. The second-order valence-electron chi connectivity index (χ2n) is 9.35. The normalized spacial score (nSPS) is 10.9. The summed E-state index contributed by atoms with van der Waals surface area (Å²) in [4.78, 5) is 39.8. The molecule has 3 amide bonds. The van der Waals surface area contributed by atoms with E-state index in [9.17, 15) is 14.4 Å². The van der Waals surface area contributed by atoms with Crippen molar-refractivity contribution in [2.75, 3.05) is 37.2 Å². The van der Waals surface area contributed by atoms with Crippen LogP contribution in [-0.4, -0.2) is 44.3 Å². The first-order valence-electron chi connectivity index (χ1n) is 13.9. The Balaban J connectivity index is 1.43. The Hall–Kier alpha value is -4.93. The van der Waals surface area contributed by atoms with Crippen LogP contribution in [0.1, 0.15) is 22.8 Å². The summed E-state index contributed by atoms with van der Waals surface area (Å²) in [5.74, 6) is 0.360. The molecule has 9 nitrogen and oxygen atoms in total.